The van der Waals surface area contributed by atoms with E-state index in [1.165, 1.54) is 12.1 Å². The molecule has 19 heavy (non-hydrogen) atoms. The molecule has 0 spiro atoms. The van der Waals surface area contributed by atoms with Gasteiger partial charge in [-0.2, -0.15) is 0 Å². The van der Waals surface area contributed by atoms with Crippen LogP contribution < -0.4 is 11.1 Å². The number of halogens is 1. The van der Waals surface area contributed by atoms with Crippen molar-refractivity contribution in [3.63, 3.8) is 0 Å². The molecular weight excluding hydrogens is 251 g/mol. The van der Waals surface area contributed by atoms with Crippen molar-refractivity contribution in [3.05, 3.63) is 29.6 Å². The molecule has 0 bridgehead atoms. The van der Waals surface area contributed by atoms with Crippen molar-refractivity contribution in [1.29, 1.82) is 0 Å². The van der Waals surface area contributed by atoms with Gasteiger partial charge in [-0.3, -0.25) is 9.59 Å². The molecule has 6 heteroatoms. The molecule has 0 unspecified atom stereocenters. The summed E-state index contributed by atoms with van der Waals surface area (Å²) in [6.45, 7) is 3.55. The molecule has 0 heterocycles. The van der Waals surface area contributed by atoms with E-state index < -0.39 is 23.2 Å². The number of carboxylic acid groups (broad SMARTS) is 1. The van der Waals surface area contributed by atoms with Gasteiger partial charge in [-0.15, -0.1) is 0 Å². The summed E-state index contributed by atoms with van der Waals surface area (Å²) in [5.41, 5.74) is 4.77. The zero-order chi connectivity index (χ0) is 14.6. The third-order valence-corrected chi connectivity index (χ3v) is 2.69. The van der Waals surface area contributed by atoms with Gasteiger partial charge in [0.25, 0.3) is 0 Å². The number of nitrogens with one attached hydrogen (secondary N) is 1. The summed E-state index contributed by atoms with van der Waals surface area (Å²) in [6, 6.07) is 3.89. The van der Waals surface area contributed by atoms with Gasteiger partial charge in [0.15, 0.2) is 0 Å². The van der Waals surface area contributed by atoms with Gasteiger partial charge < -0.3 is 16.2 Å². The molecule has 0 aliphatic heterocycles. The lowest BCUT2D eigenvalue weighted by Gasteiger charge is -2.27. The van der Waals surface area contributed by atoms with E-state index in [1.54, 1.807) is 13.8 Å². The number of carboxylic acids is 1. The molecule has 1 aromatic rings. The van der Waals surface area contributed by atoms with E-state index in [-0.39, 0.29) is 17.7 Å². The fraction of sp³-hybridized carbons (Fsp3) is 0.385. The Labute approximate surface area is 110 Å². The molecule has 0 aromatic heterocycles. The normalized spacial score (nSPS) is 11.1. The molecule has 5 nitrogen and oxygen atoms in total. The van der Waals surface area contributed by atoms with Crippen LogP contribution >= 0.6 is 0 Å². The van der Waals surface area contributed by atoms with E-state index in [0.717, 1.165) is 6.07 Å². The average Bonchev–Trinajstić information content (AvgIpc) is 2.29. The largest absolute Gasteiger partial charge is 0.481 e. The molecule has 0 radical (unpaired) electrons. The second-order valence-corrected chi connectivity index (χ2v) is 4.96. The highest BCUT2D eigenvalue weighted by Gasteiger charge is 2.20. The Bertz CT molecular complexity index is 501. The van der Waals surface area contributed by atoms with Crippen LogP contribution in [0.1, 0.15) is 37.0 Å². The SMILES string of the molecule is CC(C)(CCC(=O)O)Nc1ccc(C(N)=O)cc1F. The highest BCUT2D eigenvalue weighted by Crippen LogP contribution is 2.23. The van der Waals surface area contributed by atoms with Crippen LogP contribution in [0.2, 0.25) is 0 Å². The Kier molecular flexibility index (Phi) is 4.47. The number of rotatable bonds is 6. The van der Waals surface area contributed by atoms with E-state index in [1.807, 2.05) is 0 Å². The third-order valence-electron chi connectivity index (χ3n) is 2.69. The van der Waals surface area contributed by atoms with Crippen LogP contribution in [0.4, 0.5) is 10.1 Å². The van der Waals surface area contributed by atoms with Gasteiger partial charge in [-0.1, -0.05) is 0 Å². The number of carbonyl (C=O) groups is 2. The summed E-state index contributed by atoms with van der Waals surface area (Å²) in [6.07, 6.45) is 0.334. The number of primary amides is 1. The van der Waals surface area contributed by atoms with Crippen LogP contribution in [0.15, 0.2) is 18.2 Å². The Hall–Kier alpha value is -2.11. The maximum atomic E-state index is 13.8. The van der Waals surface area contributed by atoms with E-state index in [0.29, 0.717) is 6.42 Å². The fourth-order valence-corrected chi connectivity index (χ4v) is 1.62. The maximum Gasteiger partial charge on any atom is 0.303 e. The Balaban J connectivity index is 2.81. The quantitative estimate of drug-likeness (QED) is 0.735. The second-order valence-electron chi connectivity index (χ2n) is 4.96. The minimum absolute atomic E-state index is 0.0129. The predicted molar refractivity (Wildman–Crippen MR) is 69.5 cm³/mol. The van der Waals surface area contributed by atoms with Crippen LogP contribution in [0, 0.1) is 5.82 Å². The van der Waals surface area contributed by atoms with E-state index in [2.05, 4.69) is 5.32 Å². The first-order chi connectivity index (χ1) is 8.71. The number of carbonyl (C=O) groups excluding carboxylic acids is 1. The average molecular weight is 268 g/mol. The molecule has 4 N–H and O–H groups in total. The summed E-state index contributed by atoms with van der Waals surface area (Å²) in [5, 5.41) is 11.6. The van der Waals surface area contributed by atoms with Crippen LogP contribution in [-0.2, 0) is 4.79 Å². The highest BCUT2D eigenvalue weighted by molar-refractivity contribution is 5.93. The van der Waals surface area contributed by atoms with Gasteiger partial charge in [0, 0.05) is 17.5 Å². The molecule has 1 aromatic carbocycles. The molecule has 1 amide bonds. The number of anilines is 1. The molecule has 0 saturated heterocycles. The molecule has 0 aliphatic rings. The molecule has 0 aliphatic carbocycles. The smallest absolute Gasteiger partial charge is 0.303 e. The monoisotopic (exact) mass is 268 g/mol. The molecule has 0 atom stereocenters. The van der Waals surface area contributed by atoms with Gasteiger partial charge in [0.1, 0.15) is 5.82 Å². The first kappa shape index (κ1) is 14.9. The number of amides is 1. The Morgan fingerprint density at radius 2 is 2.05 bits per heavy atom. The van der Waals surface area contributed by atoms with Gasteiger partial charge >= 0.3 is 5.97 Å². The predicted octanol–water partition coefficient (Wildman–Crippen LogP) is 1.98. The highest BCUT2D eigenvalue weighted by atomic mass is 19.1. The van der Waals surface area contributed by atoms with E-state index in [4.69, 9.17) is 10.8 Å². The van der Waals surface area contributed by atoms with E-state index >= 15 is 0 Å². The molecule has 1 rings (SSSR count). The standard InChI is InChI=1S/C13H17FN2O3/c1-13(2,6-5-11(17)18)16-10-4-3-8(12(15)19)7-9(10)14/h3-4,7,16H,5-6H2,1-2H3,(H2,15,19)(H,17,18). The van der Waals surface area contributed by atoms with Crippen LogP contribution in [0.3, 0.4) is 0 Å². The zero-order valence-corrected chi connectivity index (χ0v) is 10.9. The lowest BCUT2D eigenvalue weighted by molar-refractivity contribution is -0.137. The Morgan fingerprint density at radius 1 is 1.42 bits per heavy atom. The number of hydrogen-bond donors (Lipinski definition) is 3. The fourth-order valence-electron chi connectivity index (χ4n) is 1.62. The maximum absolute atomic E-state index is 13.8. The third kappa shape index (κ3) is 4.57. The Morgan fingerprint density at radius 3 is 2.53 bits per heavy atom. The van der Waals surface area contributed by atoms with Crippen LogP contribution in [0.25, 0.3) is 0 Å². The van der Waals surface area contributed by atoms with Gasteiger partial charge in [0.05, 0.1) is 5.69 Å². The lowest BCUT2D eigenvalue weighted by Crippen LogP contribution is -2.32. The van der Waals surface area contributed by atoms with Crippen molar-refractivity contribution >= 4 is 17.6 Å². The minimum atomic E-state index is -0.903. The van der Waals surface area contributed by atoms with Crippen LogP contribution in [-0.4, -0.2) is 22.5 Å². The molecule has 104 valence electrons. The van der Waals surface area contributed by atoms with Gasteiger partial charge in [0.2, 0.25) is 5.91 Å². The van der Waals surface area contributed by atoms with E-state index in [9.17, 15) is 14.0 Å². The van der Waals surface area contributed by atoms with Crippen molar-refractivity contribution in [2.75, 3.05) is 5.32 Å². The topological polar surface area (TPSA) is 92.4 Å². The number of nitrogens with two attached hydrogens (primary N) is 1. The van der Waals surface area contributed by atoms with Crippen molar-refractivity contribution < 1.29 is 19.1 Å². The molecule has 0 saturated carbocycles. The molecule has 0 fully saturated rings. The summed E-state index contributed by atoms with van der Waals surface area (Å²) in [5.74, 6) is -2.20. The molecular formula is C13H17FN2O3. The van der Waals surface area contributed by atoms with Crippen molar-refractivity contribution in [2.45, 2.75) is 32.2 Å². The first-order valence-electron chi connectivity index (χ1n) is 5.80. The number of hydrogen-bond acceptors (Lipinski definition) is 3. The van der Waals surface area contributed by atoms with Gasteiger partial charge in [-0.05, 0) is 38.5 Å². The summed E-state index contributed by atoms with van der Waals surface area (Å²) < 4.78 is 13.8. The van der Waals surface area contributed by atoms with Crippen molar-refractivity contribution in [1.82, 2.24) is 0 Å². The van der Waals surface area contributed by atoms with Crippen molar-refractivity contribution in [2.24, 2.45) is 5.73 Å². The lowest BCUT2D eigenvalue weighted by atomic mass is 9.97. The number of benzene rings is 1. The summed E-state index contributed by atoms with van der Waals surface area (Å²) in [7, 11) is 0. The summed E-state index contributed by atoms with van der Waals surface area (Å²) in [4.78, 5) is 21.4. The van der Waals surface area contributed by atoms with Crippen molar-refractivity contribution in [3.8, 4) is 0 Å². The minimum Gasteiger partial charge on any atom is -0.481 e. The first-order valence-corrected chi connectivity index (χ1v) is 5.80. The zero-order valence-electron chi connectivity index (χ0n) is 10.9. The number of aliphatic carboxylic acids is 1. The second kappa shape index (κ2) is 5.69. The summed E-state index contributed by atoms with van der Waals surface area (Å²) >= 11 is 0. The van der Waals surface area contributed by atoms with Crippen LogP contribution in [0.5, 0.6) is 0 Å². The van der Waals surface area contributed by atoms with Gasteiger partial charge in [-0.25, -0.2) is 4.39 Å².